The van der Waals surface area contributed by atoms with E-state index in [-0.39, 0.29) is 12.5 Å². The number of aryl methyl sites for hydroxylation is 1. The second-order valence-electron chi connectivity index (χ2n) is 7.74. The summed E-state index contributed by atoms with van der Waals surface area (Å²) in [5.41, 5.74) is 2.24. The number of hydrogen-bond donors (Lipinski definition) is 2. The molecule has 4 rings (SSSR count). The van der Waals surface area contributed by atoms with E-state index in [9.17, 15) is 4.79 Å². The number of pyridine rings is 1. The van der Waals surface area contributed by atoms with Gasteiger partial charge in [0.05, 0.1) is 11.3 Å². The highest BCUT2D eigenvalue weighted by Gasteiger charge is 2.36. The highest BCUT2D eigenvalue weighted by atomic mass is 79.9. The van der Waals surface area contributed by atoms with Gasteiger partial charge in [0.2, 0.25) is 0 Å². The average Bonchev–Trinajstić information content (AvgIpc) is 3.15. The van der Waals surface area contributed by atoms with Gasteiger partial charge in [0.25, 0.3) is 5.91 Å². The van der Waals surface area contributed by atoms with Crippen LogP contribution < -0.4 is 5.32 Å². The van der Waals surface area contributed by atoms with Gasteiger partial charge >= 0.3 is 0 Å². The van der Waals surface area contributed by atoms with Crippen LogP contribution in [0, 0.1) is 6.92 Å². The molecule has 29 heavy (non-hydrogen) atoms. The first-order valence-corrected chi connectivity index (χ1v) is 10.6. The quantitative estimate of drug-likeness (QED) is 0.596. The van der Waals surface area contributed by atoms with Crippen molar-refractivity contribution in [1.29, 1.82) is 0 Å². The van der Waals surface area contributed by atoms with Crippen molar-refractivity contribution in [2.75, 3.05) is 19.6 Å². The smallest absolute Gasteiger partial charge is 0.256 e. The van der Waals surface area contributed by atoms with E-state index in [1.54, 1.807) is 11.1 Å². The minimum absolute atomic E-state index is 0.0537. The van der Waals surface area contributed by atoms with Gasteiger partial charge in [-0.2, -0.15) is 0 Å². The lowest BCUT2D eigenvalue weighted by molar-refractivity contribution is 0.0436. The first kappa shape index (κ1) is 20.0. The summed E-state index contributed by atoms with van der Waals surface area (Å²) in [7, 11) is 0. The third-order valence-electron chi connectivity index (χ3n) is 5.55. The van der Waals surface area contributed by atoms with Crippen LogP contribution in [-0.2, 0) is 6.54 Å². The molecule has 0 aliphatic carbocycles. The van der Waals surface area contributed by atoms with E-state index in [0.29, 0.717) is 38.0 Å². The molecule has 0 radical (unpaired) electrons. The molecule has 1 amide bonds. The SMILES string of the molecule is Cc1ccc(CNCC2(F)CCN(C(=O)c3c[nH]c4cccc(Br)c34)CC2)nc1. The summed E-state index contributed by atoms with van der Waals surface area (Å²) in [6.07, 6.45) is 4.22. The van der Waals surface area contributed by atoms with E-state index in [2.05, 4.69) is 31.2 Å². The van der Waals surface area contributed by atoms with Crippen LogP contribution >= 0.6 is 15.9 Å². The molecule has 1 aliphatic rings. The van der Waals surface area contributed by atoms with Crippen LogP contribution in [0.3, 0.4) is 0 Å². The second-order valence-corrected chi connectivity index (χ2v) is 8.59. The van der Waals surface area contributed by atoms with Gasteiger partial charge in [-0.1, -0.05) is 28.1 Å². The van der Waals surface area contributed by atoms with Crippen molar-refractivity contribution < 1.29 is 9.18 Å². The predicted octanol–water partition coefficient (Wildman–Crippen LogP) is 4.37. The van der Waals surface area contributed by atoms with Gasteiger partial charge in [-0.15, -0.1) is 0 Å². The zero-order valence-corrected chi connectivity index (χ0v) is 17.9. The third kappa shape index (κ3) is 4.36. The van der Waals surface area contributed by atoms with Crippen LogP contribution in [0.2, 0.25) is 0 Å². The number of carbonyl (C=O) groups excluding carboxylic acids is 1. The Kier molecular flexibility index (Phi) is 5.69. The fourth-order valence-electron chi connectivity index (χ4n) is 3.78. The first-order valence-electron chi connectivity index (χ1n) is 9.81. The molecule has 2 N–H and O–H groups in total. The fraction of sp³-hybridized carbons (Fsp3) is 0.364. The maximum absolute atomic E-state index is 15.2. The number of halogens is 2. The van der Waals surface area contributed by atoms with Gasteiger partial charge in [0.1, 0.15) is 5.67 Å². The number of nitrogens with zero attached hydrogens (tertiary/aromatic N) is 2. The van der Waals surface area contributed by atoms with Gasteiger partial charge in [-0.05, 0) is 30.7 Å². The average molecular weight is 459 g/mol. The normalized spacial score (nSPS) is 16.3. The molecule has 1 aliphatic heterocycles. The largest absolute Gasteiger partial charge is 0.360 e. The first-order chi connectivity index (χ1) is 14.0. The minimum Gasteiger partial charge on any atom is -0.360 e. The van der Waals surface area contributed by atoms with Crippen LogP contribution in [0.4, 0.5) is 4.39 Å². The number of hydrogen-bond acceptors (Lipinski definition) is 3. The molecule has 1 aromatic carbocycles. The monoisotopic (exact) mass is 458 g/mol. The van der Waals surface area contributed by atoms with Crippen molar-refractivity contribution in [3.8, 4) is 0 Å². The number of fused-ring (bicyclic) bond motifs is 1. The van der Waals surface area contributed by atoms with Crippen molar-refractivity contribution in [3.05, 3.63) is 64.0 Å². The molecule has 1 saturated heterocycles. The topological polar surface area (TPSA) is 61.0 Å². The van der Waals surface area contributed by atoms with E-state index in [1.165, 1.54) is 0 Å². The van der Waals surface area contributed by atoms with E-state index >= 15 is 4.39 Å². The van der Waals surface area contributed by atoms with Crippen molar-refractivity contribution >= 4 is 32.7 Å². The van der Waals surface area contributed by atoms with Crippen LogP contribution in [0.1, 0.15) is 34.5 Å². The number of benzene rings is 1. The van der Waals surface area contributed by atoms with Gasteiger partial charge < -0.3 is 15.2 Å². The predicted molar refractivity (Wildman–Crippen MR) is 116 cm³/mol. The Balaban J connectivity index is 1.34. The number of amides is 1. The zero-order valence-electron chi connectivity index (χ0n) is 16.3. The molecular formula is C22H24BrFN4O. The molecule has 0 unspecified atom stereocenters. The summed E-state index contributed by atoms with van der Waals surface area (Å²) >= 11 is 3.52. The Morgan fingerprint density at radius 1 is 1.31 bits per heavy atom. The van der Waals surface area contributed by atoms with Gasteiger partial charge in [0.15, 0.2) is 0 Å². The van der Waals surface area contributed by atoms with E-state index in [4.69, 9.17) is 0 Å². The molecule has 3 heterocycles. The van der Waals surface area contributed by atoms with Crippen molar-refractivity contribution in [2.45, 2.75) is 32.0 Å². The third-order valence-corrected chi connectivity index (χ3v) is 6.21. The van der Waals surface area contributed by atoms with Crippen LogP contribution in [0.25, 0.3) is 10.9 Å². The molecule has 0 saturated carbocycles. The fourth-order valence-corrected chi connectivity index (χ4v) is 4.36. The summed E-state index contributed by atoms with van der Waals surface area (Å²) < 4.78 is 16.1. The Labute approximate surface area is 177 Å². The number of alkyl halides is 1. The summed E-state index contributed by atoms with van der Waals surface area (Å²) in [5, 5.41) is 4.06. The molecular weight excluding hydrogens is 435 g/mol. The summed E-state index contributed by atoms with van der Waals surface area (Å²) in [6.45, 7) is 3.62. The maximum Gasteiger partial charge on any atom is 0.256 e. The number of aromatic nitrogens is 2. The van der Waals surface area contributed by atoms with E-state index in [0.717, 1.165) is 26.6 Å². The van der Waals surface area contributed by atoms with Gasteiger partial charge in [-0.3, -0.25) is 9.78 Å². The van der Waals surface area contributed by atoms with E-state index < -0.39 is 5.67 Å². The second kappa shape index (κ2) is 8.24. The number of piperidine rings is 1. The molecule has 2 aromatic heterocycles. The van der Waals surface area contributed by atoms with Crippen LogP contribution in [0.15, 0.2) is 47.2 Å². The number of rotatable bonds is 5. The van der Waals surface area contributed by atoms with Crippen LogP contribution in [0.5, 0.6) is 0 Å². The minimum atomic E-state index is -1.30. The van der Waals surface area contributed by atoms with Crippen molar-refractivity contribution in [1.82, 2.24) is 20.2 Å². The van der Waals surface area contributed by atoms with Gasteiger partial charge in [0, 0.05) is 66.8 Å². The number of aromatic amines is 1. The maximum atomic E-state index is 15.2. The molecule has 1 fully saturated rings. The summed E-state index contributed by atoms with van der Waals surface area (Å²) in [5.74, 6) is -0.0537. The number of likely N-dealkylation sites (tertiary alicyclic amines) is 1. The highest BCUT2D eigenvalue weighted by Crippen LogP contribution is 2.31. The van der Waals surface area contributed by atoms with E-state index in [1.807, 2.05) is 43.5 Å². The number of carbonyl (C=O) groups is 1. The zero-order chi connectivity index (χ0) is 20.4. The number of nitrogens with one attached hydrogen (secondary N) is 2. The lowest BCUT2D eigenvalue weighted by Gasteiger charge is -2.36. The van der Waals surface area contributed by atoms with Crippen molar-refractivity contribution in [2.24, 2.45) is 0 Å². The molecule has 0 spiro atoms. The Morgan fingerprint density at radius 2 is 2.10 bits per heavy atom. The van der Waals surface area contributed by atoms with Crippen LogP contribution in [-0.4, -0.2) is 46.1 Å². The summed E-state index contributed by atoms with van der Waals surface area (Å²) in [4.78, 5) is 22.2. The lowest BCUT2D eigenvalue weighted by Crippen LogP contribution is -2.48. The molecule has 0 bridgehead atoms. The Hall–Kier alpha value is -2.25. The summed E-state index contributed by atoms with van der Waals surface area (Å²) in [6, 6.07) is 9.74. The Morgan fingerprint density at radius 3 is 2.83 bits per heavy atom. The lowest BCUT2D eigenvalue weighted by atomic mass is 9.92. The molecule has 152 valence electrons. The number of H-pyrrole nitrogens is 1. The molecule has 0 atom stereocenters. The standard InChI is InChI=1S/C22H24BrFN4O/c1-15-5-6-16(26-11-15)12-25-14-22(24)7-9-28(10-8-22)21(29)17-13-27-19-4-2-3-18(23)20(17)19/h2-6,11,13,25,27H,7-10,12,14H2,1H3. The van der Waals surface area contributed by atoms with Gasteiger partial charge in [-0.25, -0.2) is 4.39 Å². The Bertz CT molecular complexity index is 1010. The molecule has 3 aromatic rings. The van der Waals surface area contributed by atoms with Crippen molar-refractivity contribution in [3.63, 3.8) is 0 Å². The molecule has 5 nitrogen and oxygen atoms in total. The highest BCUT2D eigenvalue weighted by molar-refractivity contribution is 9.10. The molecule has 7 heteroatoms.